The highest BCUT2D eigenvalue weighted by molar-refractivity contribution is 7.92. The van der Waals surface area contributed by atoms with E-state index in [2.05, 4.69) is 17.2 Å². The summed E-state index contributed by atoms with van der Waals surface area (Å²) >= 11 is 0. The molecule has 0 heterocycles. The van der Waals surface area contributed by atoms with E-state index in [0.717, 1.165) is 10.6 Å². The molecule has 0 bridgehead atoms. The Bertz CT molecular complexity index is 1260. The van der Waals surface area contributed by atoms with Gasteiger partial charge in [-0.25, -0.2) is 8.42 Å². The minimum Gasteiger partial charge on any atom is -0.457 e. The van der Waals surface area contributed by atoms with E-state index in [9.17, 15) is 18.0 Å². The van der Waals surface area contributed by atoms with Crippen molar-refractivity contribution in [2.75, 3.05) is 29.0 Å². The van der Waals surface area contributed by atoms with Crippen LogP contribution in [-0.4, -0.2) is 39.6 Å². The van der Waals surface area contributed by atoms with Gasteiger partial charge >= 0.3 is 0 Å². The van der Waals surface area contributed by atoms with E-state index in [4.69, 9.17) is 4.74 Å². The smallest absolute Gasteiger partial charge is 0.253 e. The van der Waals surface area contributed by atoms with E-state index in [0.29, 0.717) is 17.2 Å². The summed E-state index contributed by atoms with van der Waals surface area (Å²) in [5.41, 5.74) is 0.829. The Labute approximate surface area is 198 Å². The Balaban J connectivity index is 1.75. The van der Waals surface area contributed by atoms with E-state index in [1.54, 1.807) is 66.7 Å². The monoisotopic (exact) mass is 479 g/mol. The normalized spacial score (nSPS) is 10.7. The number of carbonyl (C=O) groups is 2. The third-order valence-corrected chi connectivity index (χ3v) is 5.78. The molecule has 0 radical (unpaired) electrons. The van der Waals surface area contributed by atoms with Gasteiger partial charge in [-0.1, -0.05) is 36.4 Å². The van der Waals surface area contributed by atoms with Crippen molar-refractivity contribution in [3.63, 3.8) is 0 Å². The van der Waals surface area contributed by atoms with Gasteiger partial charge in [0.2, 0.25) is 15.9 Å². The average molecular weight is 480 g/mol. The van der Waals surface area contributed by atoms with Crippen LogP contribution in [0.3, 0.4) is 0 Å². The van der Waals surface area contributed by atoms with Gasteiger partial charge < -0.3 is 15.4 Å². The summed E-state index contributed by atoms with van der Waals surface area (Å²) in [5.74, 6) is 0.182. The van der Waals surface area contributed by atoms with Gasteiger partial charge in [0.25, 0.3) is 5.91 Å². The maximum atomic E-state index is 12.8. The fraction of sp³-hybridized carbons (Fsp3) is 0.120. The Morgan fingerprint density at radius 3 is 2.21 bits per heavy atom. The third-order valence-electron chi connectivity index (χ3n) is 4.64. The number of carbonyl (C=O) groups excluding carboxylic acids is 2. The molecular formula is C25H25N3O5S. The van der Waals surface area contributed by atoms with Crippen LogP contribution in [0.5, 0.6) is 11.5 Å². The second-order valence-corrected chi connectivity index (χ2v) is 9.18. The van der Waals surface area contributed by atoms with Crippen LogP contribution in [-0.2, 0) is 14.8 Å². The lowest BCUT2D eigenvalue weighted by molar-refractivity contribution is -0.114. The van der Waals surface area contributed by atoms with E-state index in [-0.39, 0.29) is 23.7 Å². The molecule has 3 aromatic rings. The fourth-order valence-corrected chi connectivity index (χ4v) is 3.93. The average Bonchev–Trinajstić information content (AvgIpc) is 2.82. The predicted octanol–water partition coefficient (Wildman–Crippen LogP) is 3.80. The van der Waals surface area contributed by atoms with Gasteiger partial charge in [-0.2, -0.15) is 0 Å². The molecule has 0 saturated heterocycles. The first-order valence-electron chi connectivity index (χ1n) is 10.4. The van der Waals surface area contributed by atoms with Crippen molar-refractivity contribution in [2.24, 2.45) is 0 Å². The lowest BCUT2D eigenvalue weighted by Crippen LogP contribution is -2.37. The maximum Gasteiger partial charge on any atom is 0.253 e. The molecule has 0 spiro atoms. The molecule has 0 aliphatic heterocycles. The SMILES string of the molecule is C=CCNC(=O)c1ccccc1NC(=O)CN(c1ccc(Oc2ccccc2)cc1)S(C)(=O)=O. The van der Waals surface area contributed by atoms with Crippen LogP contribution >= 0.6 is 0 Å². The Kier molecular flexibility index (Phi) is 8.05. The molecule has 0 aromatic heterocycles. The Morgan fingerprint density at radius 2 is 1.56 bits per heavy atom. The summed E-state index contributed by atoms with van der Waals surface area (Å²) in [5, 5.41) is 5.28. The predicted molar refractivity (Wildman–Crippen MR) is 133 cm³/mol. The van der Waals surface area contributed by atoms with Gasteiger partial charge in [-0.05, 0) is 48.5 Å². The molecule has 9 heteroatoms. The topological polar surface area (TPSA) is 105 Å². The van der Waals surface area contributed by atoms with Gasteiger partial charge in [0, 0.05) is 6.54 Å². The number of sulfonamides is 1. The largest absolute Gasteiger partial charge is 0.457 e. The first-order valence-corrected chi connectivity index (χ1v) is 12.2. The van der Waals surface area contributed by atoms with Gasteiger partial charge in [0.1, 0.15) is 18.0 Å². The molecule has 3 rings (SSSR count). The number of nitrogens with one attached hydrogen (secondary N) is 2. The third kappa shape index (κ3) is 6.69. The number of anilines is 2. The van der Waals surface area contributed by atoms with Gasteiger partial charge in [0.15, 0.2) is 0 Å². The minimum atomic E-state index is -3.77. The number of ether oxygens (including phenoxy) is 1. The van der Waals surface area contributed by atoms with Crippen molar-refractivity contribution in [2.45, 2.75) is 0 Å². The lowest BCUT2D eigenvalue weighted by Gasteiger charge is -2.22. The van der Waals surface area contributed by atoms with Crippen LogP contribution in [0.2, 0.25) is 0 Å². The molecule has 0 unspecified atom stereocenters. The highest BCUT2D eigenvalue weighted by Crippen LogP contribution is 2.25. The number of hydrogen-bond acceptors (Lipinski definition) is 5. The molecule has 0 aliphatic rings. The maximum absolute atomic E-state index is 12.8. The van der Waals surface area contributed by atoms with Crippen LogP contribution in [0.1, 0.15) is 10.4 Å². The number of hydrogen-bond donors (Lipinski definition) is 2. The molecule has 2 amide bonds. The molecule has 176 valence electrons. The summed E-state index contributed by atoms with van der Waals surface area (Å²) < 4.78 is 31.6. The molecule has 0 aliphatic carbocycles. The van der Waals surface area contributed by atoms with Crippen molar-refractivity contribution in [3.8, 4) is 11.5 Å². The summed E-state index contributed by atoms with van der Waals surface area (Å²) in [6.07, 6.45) is 2.56. The zero-order chi connectivity index (χ0) is 24.6. The van der Waals surface area contributed by atoms with Crippen LogP contribution in [0.25, 0.3) is 0 Å². The van der Waals surface area contributed by atoms with Crippen LogP contribution in [0, 0.1) is 0 Å². The first-order chi connectivity index (χ1) is 16.3. The highest BCUT2D eigenvalue weighted by atomic mass is 32.2. The number of amides is 2. The number of rotatable bonds is 10. The Morgan fingerprint density at radius 1 is 0.941 bits per heavy atom. The standard InChI is InChI=1S/C25H25N3O5S/c1-3-17-26-25(30)22-11-7-8-12-23(22)27-24(29)18-28(34(2,31)32)19-13-15-21(16-14-19)33-20-9-5-4-6-10-20/h3-16H,1,17-18H2,2H3,(H,26,30)(H,27,29). The molecule has 8 nitrogen and oxygen atoms in total. The molecule has 0 saturated carbocycles. The second-order valence-electron chi connectivity index (χ2n) is 7.27. The van der Waals surface area contributed by atoms with E-state index >= 15 is 0 Å². The fourth-order valence-electron chi connectivity index (χ4n) is 3.08. The molecular weight excluding hydrogens is 454 g/mol. The first kappa shape index (κ1) is 24.5. The molecule has 3 aromatic carbocycles. The second kappa shape index (κ2) is 11.2. The van der Waals surface area contributed by atoms with Crippen molar-refractivity contribution < 1.29 is 22.7 Å². The Hall–Kier alpha value is -4.11. The summed E-state index contributed by atoms with van der Waals surface area (Å²) in [6, 6.07) is 22.0. The van der Waals surface area contributed by atoms with E-state index in [1.165, 1.54) is 0 Å². The lowest BCUT2D eigenvalue weighted by atomic mass is 10.1. The summed E-state index contributed by atoms with van der Waals surface area (Å²) in [4.78, 5) is 25.1. The molecule has 2 N–H and O–H groups in total. The quantitative estimate of drug-likeness (QED) is 0.431. The number of benzene rings is 3. The van der Waals surface area contributed by atoms with Crippen LogP contribution in [0.4, 0.5) is 11.4 Å². The van der Waals surface area contributed by atoms with Crippen molar-refractivity contribution >= 4 is 33.2 Å². The van der Waals surface area contributed by atoms with Crippen LogP contribution < -0.4 is 19.7 Å². The number of nitrogens with zero attached hydrogens (tertiary/aromatic N) is 1. The van der Waals surface area contributed by atoms with Crippen molar-refractivity contribution in [1.29, 1.82) is 0 Å². The summed E-state index contributed by atoms with van der Waals surface area (Å²) in [6.45, 7) is 3.35. The molecule has 0 fully saturated rings. The zero-order valence-electron chi connectivity index (χ0n) is 18.6. The summed E-state index contributed by atoms with van der Waals surface area (Å²) in [7, 11) is -3.77. The van der Waals surface area contributed by atoms with Crippen molar-refractivity contribution in [1.82, 2.24) is 5.32 Å². The van der Waals surface area contributed by atoms with Gasteiger partial charge in [-0.15, -0.1) is 6.58 Å². The van der Waals surface area contributed by atoms with Crippen LogP contribution in [0.15, 0.2) is 91.5 Å². The number of para-hydroxylation sites is 2. The minimum absolute atomic E-state index is 0.256. The van der Waals surface area contributed by atoms with E-state index < -0.39 is 22.5 Å². The molecule has 0 atom stereocenters. The van der Waals surface area contributed by atoms with Gasteiger partial charge in [-0.3, -0.25) is 13.9 Å². The van der Waals surface area contributed by atoms with Crippen molar-refractivity contribution in [3.05, 3.63) is 97.1 Å². The van der Waals surface area contributed by atoms with E-state index in [1.807, 2.05) is 18.2 Å². The highest BCUT2D eigenvalue weighted by Gasteiger charge is 2.22. The molecule has 34 heavy (non-hydrogen) atoms. The zero-order valence-corrected chi connectivity index (χ0v) is 19.4. The van der Waals surface area contributed by atoms with Gasteiger partial charge in [0.05, 0.1) is 23.2 Å².